The van der Waals surface area contributed by atoms with E-state index < -0.39 is 0 Å². The van der Waals surface area contributed by atoms with Crippen LogP contribution in [0.1, 0.15) is 49.2 Å². The van der Waals surface area contributed by atoms with Crippen LogP contribution in [0, 0.1) is 0 Å². The van der Waals surface area contributed by atoms with E-state index in [4.69, 9.17) is 0 Å². The molecule has 2 N–H and O–H groups in total. The van der Waals surface area contributed by atoms with Gasteiger partial charge in [-0.3, -0.25) is 14.4 Å². The molecule has 9 heteroatoms. The minimum absolute atomic E-state index is 0.0721. The lowest BCUT2D eigenvalue weighted by Gasteiger charge is -2.26. The van der Waals surface area contributed by atoms with Crippen LogP contribution >= 0.6 is 11.3 Å². The van der Waals surface area contributed by atoms with Crippen molar-refractivity contribution in [3.05, 3.63) is 47.0 Å². The predicted octanol–water partition coefficient (Wildman–Crippen LogP) is 2.78. The van der Waals surface area contributed by atoms with Crippen LogP contribution in [0.25, 0.3) is 0 Å². The summed E-state index contributed by atoms with van der Waals surface area (Å²) in [4.78, 5) is 45.8. The molecule has 0 saturated carbocycles. The molecular weight excluding hydrogens is 438 g/mol. The second kappa shape index (κ2) is 12.5. The van der Waals surface area contributed by atoms with Gasteiger partial charge in [0.05, 0.1) is 12.1 Å². The summed E-state index contributed by atoms with van der Waals surface area (Å²) >= 11 is 1.27. The van der Waals surface area contributed by atoms with Crippen LogP contribution in [0.2, 0.25) is 0 Å². The number of anilines is 1. The fourth-order valence-corrected chi connectivity index (χ4v) is 4.48. The predicted molar refractivity (Wildman–Crippen MR) is 130 cm³/mol. The zero-order valence-corrected chi connectivity index (χ0v) is 20.2. The molecule has 0 radical (unpaired) electrons. The number of likely N-dealkylation sites (tertiary alicyclic amines) is 1. The molecule has 0 spiro atoms. The molecule has 0 unspecified atom stereocenters. The monoisotopic (exact) mass is 471 g/mol. The van der Waals surface area contributed by atoms with E-state index in [0.717, 1.165) is 19.6 Å². The molecule has 0 bridgehead atoms. The number of nitrogens with one attached hydrogen (secondary N) is 2. The van der Waals surface area contributed by atoms with Crippen molar-refractivity contribution in [2.45, 2.75) is 45.6 Å². The van der Waals surface area contributed by atoms with Crippen LogP contribution in [0.5, 0.6) is 0 Å². The first-order valence-corrected chi connectivity index (χ1v) is 12.4. The van der Waals surface area contributed by atoms with Gasteiger partial charge in [-0.1, -0.05) is 24.6 Å². The number of amides is 3. The molecule has 33 heavy (non-hydrogen) atoms. The minimum Gasteiger partial charge on any atom is -0.354 e. The summed E-state index contributed by atoms with van der Waals surface area (Å²) in [6.07, 6.45) is 3.94. The van der Waals surface area contributed by atoms with Gasteiger partial charge < -0.3 is 20.4 Å². The molecule has 0 atom stereocenters. The molecule has 1 aliphatic rings. The number of carbonyl (C=O) groups is 3. The van der Waals surface area contributed by atoms with Crippen molar-refractivity contribution in [2.75, 3.05) is 38.0 Å². The van der Waals surface area contributed by atoms with Crippen molar-refractivity contribution < 1.29 is 14.4 Å². The zero-order chi connectivity index (χ0) is 23.6. The summed E-state index contributed by atoms with van der Waals surface area (Å²) in [5, 5.41) is 7.89. The Hall–Kier alpha value is -2.78. The van der Waals surface area contributed by atoms with Crippen molar-refractivity contribution in [3.63, 3.8) is 0 Å². The second-order valence-electron chi connectivity index (χ2n) is 8.51. The Bertz CT molecular complexity index is 925. The summed E-state index contributed by atoms with van der Waals surface area (Å²) < 4.78 is 0. The number of benzene rings is 1. The van der Waals surface area contributed by atoms with Crippen LogP contribution in [-0.2, 0) is 16.0 Å². The van der Waals surface area contributed by atoms with E-state index in [0.29, 0.717) is 22.9 Å². The highest BCUT2D eigenvalue weighted by atomic mass is 32.1. The largest absolute Gasteiger partial charge is 0.354 e. The Kier molecular flexibility index (Phi) is 9.38. The van der Waals surface area contributed by atoms with E-state index >= 15 is 0 Å². The Morgan fingerprint density at radius 2 is 1.82 bits per heavy atom. The Balaban J connectivity index is 1.45. The first kappa shape index (κ1) is 24.9. The third-order valence-electron chi connectivity index (χ3n) is 5.56. The van der Waals surface area contributed by atoms with E-state index in [9.17, 15) is 14.4 Å². The molecule has 1 aromatic carbocycles. The van der Waals surface area contributed by atoms with Crippen molar-refractivity contribution in [3.8, 4) is 0 Å². The topological polar surface area (TPSA) is 94.6 Å². The molecule has 0 aliphatic carbocycles. The Morgan fingerprint density at radius 1 is 1.09 bits per heavy atom. The summed E-state index contributed by atoms with van der Waals surface area (Å²) in [7, 11) is 0. The molecule has 2 aromatic rings. The van der Waals surface area contributed by atoms with E-state index in [1.54, 1.807) is 29.6 Å². The van der Waals surface area contributed by atoms with Gasteiger partial charge in [-0.05, 0) is 51.9 Å². The number of aromatic nitrogens is 1. The maximum absolute atomic E-state index is 12.8. The highest BCUT2D eigenvalue weighted by Crippen LogP contribution is 2.16. The molecule has 1 saturated heterocycles. The number of carbonyl (C=O) groups excluding carboxylic acids is 3. The van der Waals surface area contributed by atoms with Gasteiger partial charge in [-0.25, -0.2) is 4.98 Å². The van der Waals surface area contributed by atoms with Crippen molar-refractivity contribution in [1.29, 1.82) is 0 Å². The van der Waals surface area contributed by atoms with Gasteiger partial charge in [0.1, 0.15) is 6.54 Å². The van der Waals surface area contributed by atoms with E-state index in [-0.39, 0.29) is 36.7 Å². The van der Waals surface area contributed by atoms with Crippen molar-refractivity contribution >= 4 is 34.2 Å². The van der Waals surface area contributed by atoms with Gasteiger partial charge in [0.2, 0.25) is 11.8 Å². The van der Waals surface area contributed by atoms with Crippen LogP contribution < -0.4 is 10.6 Å². The minimum atomic E-state index is -0.320. The van der Waals surface area contributed by atoms with Gasteiger partial charge in [-0.15, -0.1) is 11.3 Å². The number of thiazole rings is 1. The molecule has 3 rings (SSSR count). The third-order valence-corrected chi connectivity index (χ3v) is 6.36. The number of hydrogen-bond acceptors (Lipinski definition) is 6. The number of rotatable bonds is 10. The lowest BCUT2D eigenvalue weighted by molar-refractivity contribution is -0.120. The maximum atomic E-state index is 12.8. The van der Waals surface area contributed by atoms with Gasteiger partial charge in [0, 0.05) is 30.1 Å². The zero-order valence-electron chi connectivity index (χ0n) is 19.4. The van der Waals surface area contributed by atoms with Crippen molar-refractivity contribution in [2.24, 2.45) is 0 Å². The second-order valence-corrected chi connectivity index (χ2v) is 9.37. The SMILES string of the molecule is CC(C)N(CC(=O)Nc1nc(CC(=O)NCCN2CCCCC2)cs1)C(=O)c1ccccc1. The molecule has 1 aromatic heterocycles. The van der Waals surface area contributed by atoms with Crippen LogP contribution in [-0.4, -0.2) is 71.3 Å². The van der Waals surface area contributed by atoms with Gasteiger partial charge >= 0.3 is 0 Å². The van der Waals surface area contributed by atoms with Gasteiger partial charge in [0.25, 0.3) is 5.91 Å². The van der Waals surface area contributed by atoms with Crippen LogP contribution in [0.15, 0.2) is 35.7 Å². The standard InChI is InChI=1S/C24H33N5O3S/c1-18(2)29(23(32)19-9-5-3-6-10-19)16-22(31)27-24-26-20(17-33-24)15-21(30)25-11-14-28-12-7-4-8-13-28/h3,5-6,9-10,17-18H,4,7-8,11-16H2,1-2H3,(H,25,30)(H,26,27,31). The van der Waals surface area contributed by atoms with Crippen LogP contribution in [0.4, 0.5) is 5.13 Å². The van der Waals surface area contributed by atoms with E-state index in [1.165, 1.54) is 35.5 Å². The first-order chi connectivity index (χ1) is 15.9. The summed E-state index contributed by atoms with van der Waals surface area (Å²) in [6, 6.07) is 8.78. The summed E-state index contributed by atoms with van der Waals surface area (Å²) in [5.41, 5.74) is 1.16. The van der Waals surface area contributed by atoms with Gasteiger partial charge in [-0.2, -0.15) is 0 Å². The lowest BCUT2D eigenvalue weighted by Crippen LogP contribution is -2.42. The molecule has 8 nitrogen and oxygen atoms in total. The lowest BCUT2D eigenvalue weighted by atomic mass is 10.1. The summed E-state index contributed by atoms with van der Waals surface area (Å²) in [6.45, 7) is 7.40. The average molecular weight is 472 g/mol. The van der Waals surface area contributed by atoms with Crippen molar-refractivity contribution in [1.82, 2.24) is 20.1 Å². The van der Waals surface area contributed by atoms with E-state index in [1.807, 2.05) is 19.9 Å². The molecule has 1 aliphatic heterocycles. The first-order valence-electron chi connectivity index (χ1n) is 11.5. The third kappa shape index (κ3) is 7.94. The summed E-state index contributed by atoms with van der Waals surface area (Å²) in [5.74, 6) is -0.587. The highest BCUT2D eigenvalue weighted by molar-refractivity contribution is 7.13. The normalized spacial score (nSPS) is 14.2. The fourth-order valence-electron chi connectivity index (χ4n) is 3.76. The molecular formula is C24H33N5O3S. The number of hydrogen-bond donors (Lipinski definition) is 2. The molecule has 2 heterocycles. The maximum Gasteiger partial charge on any atom is 0.254 e. The Morgan fingerprint density at radius 3 is 2.52 bits per heavy atom. The van der Waals surface area contributed by atoms with Gasteiger partial charge in [0.15, 0.2) is 5.13 Å². The number of nitrogens with zero attached hydrogens (tertiary/aromatic N) is 3. The molecule has 3 amide bonds. The Labute approximate surface area is 199 Å². The average Bonchev–Trinajstić information content (AvgIpc) is 3.24. The smallest absolute Gasteiger partial charge is 0.254 e. The molecule has 178 valence electrons. The van der Waals surface area contributed by atoms with E-state index in [2.05, 4.69) is 20.5 Å². The quantitative estimate of drug-likeness (QED) is 0.556. The number of piperidine rings is 1. The molecule has 1 fully saturated rings. The fraction of sp³-hybridized carbons (Fsp3) is 0.500. The highest BCUT2D eigenvalue weighted by Gasteiger charge is 2.22. The van der Waals surface area contributed by atoms with Crippen LogP contribution in [0.3, 0.4) is 0 Å².